The lowest BCUT2D eigenvalue weighted by molar-refractivity contribution is -0.121. The second kappa shape index (κ2) is 29.2. The first-order valence-corrected chi connectivity index (χ1v) is 17.7. The highest BCUT2D eigenvalue weighted by Crippen LogP contribution is 2.13. The maximum absolute atomic E-state index is 12.1. The molecule has 0 bridgehead atoms. The van der Waals surface area contributed by atoms with Crippen LogP contribution in [0.15, 0.2) is 0 Å². The second-order valence-electron chi connectivity index (χ2n) is 9.98. The van der Waals surface area contributed by atoms with Crippen molar-refractivity contribution in [2.75, 3.05) is 56.7 Å². The van der Waals surface area contributed by atoms with E-state index in [0.29, 0.717) is 12.8 Å². The standard InChI is InChI=1S/C29H59N3O2S2/c1-4-5-6-7-8-9-10-11-12-13-14-15-16-17-18-23-32(24-19-28(33)30-21-26-35-2)25-20-29(34)31-22-27-36-3/h4-27H2,1-3H3,(H,30,33)(H,31,34). The number of amides is 2. The van der Waals surface area contributed by atoms with Crippen molar-refractivity contribution in [1.29, 1.82) is 0 Å². The molecule has 214 valence electrons. The molecular weight excluding hydrogens is 486 g/mol. The van der Waals surface area contributed by atoms with Crippen LogP contribution in [0.25, 0.3) is 0 Å². The average molecular weight is 546 g/mol. The molecule has 36 heavy (non-hydrogen) atoms. The summed E-state index contributed by atoms with van der Waals surface area (Å²) < 4.78 is 0. The van der Waals surface area contributed by atoms with E-state index in [1.165, 1.54) is 89.9 Å². The highest BCUT2D eigenvalue weighted by atomic mass is 32.2. The van der Waals surface area contributed by atoms with Gasteiger partial charge < -0.3 is 15.5 Å². The fraction of sp³-hybridized carbons (Fsp3) is 0.931. The highest BCUT2D eigenvalue weighted by Gasteiger charge is 2.10. The summed E-state index contributed by atoms with van der Waals surface area (Å²) in [4.78, 5) is 26.5. The molecule has 0 atom stereocenters. The van der Waals surface area contributed by atoms with Crippen LogP contribution in [0.4, 0.5) is 0 Å². The predicted molar refractivity (Wildman–Crippen MR) is 163 cm³/mol. The van der Waals surface area contributed by atoms with E-state index in [9.17, 15) is 9.59 Å². The fourth-order valence-corrected chi connectivity index (χ4v) is 4.94. The van der Waals surface area contributed by atoms with E-state index < -0.39 is 0 Å². The minimum atomic E-state index is 0.120. The molecule has 5 nitrogen and oxygen atoms in total. The van der Waals surface area contributed by atoms with E-state index in [1.54, 1.807) is 23.5 Å². The smallest absolute Gasteiger partial charge is 0.221 e. The summed E-state index contributed by atoms with van der Waals surface area (Å²) in [7, 11) is 0. The predicted octanol–water partition coefficient (Wildman–Crippen LogP) is 6.90. The molecule has 2 N–H and O–H groups in total. The van der Waals surface area contributed by atoms with Gasteiger partial charge in [0, 0.05) is 50.5 Å². The summed E-state index contributed by atoms with van der Waals surface area (Å²) in [6.45, 7) is 6.20. The minimum Gasteiger partial charge on any atom is -0.355 e. The van der Waals surface area contributed by atoms with Crippen molar-refractivity contribution in [1.82, 2.24) is 15.5 Å². The first-order chi connectivity index (χ1) is 17.6. The van der Waals surface area contributed by atoms with Gasteiger partial charge in [0.05, 0.1) is 0 Å². The molecule has 0 aliphatic heterocycles. The van der Waals surface area contributed by atoms with Crippen molar-refractivity contribution in [2.45, 2.75) is 116 Å². The van der Waals surface area contributed by atoms with Crippen LogP contribution in [0, 0.1) is 0 Å². The fourth-order valence-electron chi connectivity index (χ4n) is 4.32. The van der Waals surface area contributed by atoms with E-state index in [4.69, 9.17) is 0 Å². The Bertz CT molecular complexity index is 469. The lowest BCUT2D eigenvalue weighted by Gasteiger charge is -2.22. The summed E-state index contributed by atoms with van der Waals surface area (Å²) >= 11 is 3.49. The van der Waals surface area contributed by atoms with Crippen LogP contribution in [-0.2, 0) is 9.59 Å². The van der Waals surface area contributed by atoms with Gasteiger partial charge in [-0.3, -0.25) is 9.59 Å². The maximum atomic E-state index is 12.1. The van der Waals surface area contributed by atoms with Crippen LogP contribution in [0.5, 0.6) is 0 Å². The monoisotopic (exact) mass is 545 g/mol. The summed E-state index contributed by atoms with van der Waals surface area (Å²) in [6.07, 6.45) is 25.6. The molecule has 0 unspecified atom stereocenters. The summed E-state index contributed by atoms with van der Waals surface area (Å²) in [5.41, 5.74) is 0. The van der Waals surface area contributed by atoms with E-state index in [0.717, 1.165) is 50.7 Å². The van der Waals surface area contributed by atoms with Crippen LogP contribution in [-0.4, -0.2) is 73.5 Å². The van der Waals surface area contributed by atoms with Gasteiger partial charge in [-0.05, 0) is 25.5 Å². The number of nitrogens with zero attached hydrogens (tertiary/aromatic N) is 1. The molecular formula is C29H59N3O2S2. The third-order valence-electron chi connectivity index (χ3n) is 6.64. The first kappa shape index (κ1) is 35.6. The number of hydrogen-bond donors (Lipinski definition) is 2. The summed E-state index contributed by atoms with van der Waals surface area (Å²) in [6, 6.07) is 0. The molecule has 0 fully saturated rings. The largest absolute Gasteiger partial charge is 0.355 e. The van der Waals surface area contributed by atoms with Gasteiger partial charge in [0.2, 0.25) is 11.8 Å². The molecule has 0 spiro atoms. The van der Waals surface area contributed by atoms with Crippen molar-refractivity contribution in [3.8, 4) is 0 Å². The Hall–Kier alpha value is -0.400. The van der Waals surface area contributed by atoms with Crippen molar-refractivity contribution >= 4 is 35.3 Å². The van der Waals surface area contributed by atoms with Crippen molar-refractivity contribution in [2.24, 2.45) is 0 Å². The van der Waals surface area contributed by atoms with E-state index in [2.05, 4.69) is 35.0 Å². The van der Waals surface area contributed by atoms with Gasteiger partial charge in [0.15, 0.2) is 0 Å². The number of thioether (sulfide) groups is 2. The van der Waals surface area contributed by atoms with Gasteiger partial charge in [-0.2, -0.15) is 23.5 Å². The van der Waals surface area contributed by atoms with Crippen LogP contribution in [0.1, 0.15) is 116 Å². The number of nitrogens with one attached hydrogen (secondary N) is 2. The second-order valence-corrected chi connectivity index (χ2v) is 11.9. The van der Waals surface area contributed by atoms with E-state index in [-0.39, 0.29) is 11.8 Å². The Kier molecular flexibility index (Phi) is 28.8. The number of hydrogen-bond acceptors (Lipinski definition) is 5. The lowest BCUT2D eigenvalue weighted by Crippen LogP contribution is -2.35. The number of unbranched alkanes of at least 4 members (excludes halogenated alkanes) is 14. The van der Waals surface area contributed by atoms with Gasteiger partial charge >= 0.3 is 0 Å². The molecule has 0 rings (SSSR count). The molecule has 0 aliphatic carbocycles. The number of carbonyl (C=O) groups is 2. The molecule has 0 saturated heterocycles. The Morgan fingerprint density at radius 1 is 0.556 bits per heavy atom. The Labute approximate surface area is 232 Å². The quantitative estimate of drug-likeness (QED) is 0.105. The zero-order valence-electron chi connectivity index (χ0n) is 24.1. The maximum Gasteiger partial charge on any atom is 0.221 e. The topological polar surface area (TPSA) is 61.4 Å². The molecule has 2 amide bonds. The van der Waals surface area contributed by atoms with Gasteiger partial charge in [-0.1, -0.05) is 96.8 Å². The summed E-state index contributed by atoms with van der Waals surface area (Å²) in [5.74, 6) is 2.14. The molecule has 0 radical (unpaired) electrons. The normalized spacial score (nSPS) is 11.2. The summed E-state index contributed by atoms with van der Waals surface area (Å²) in [5, 5.41) is 5.98. The molecule has 0 aromatic carbocycles. The molecule has 0 aromatic heterocycles. The Morgan fingerprint density at radius 3 is 1.28 bits per heavy atom. The lowest BCUT2D eigenvalue weighted by atomic mass is 10.0. The van der Waals surface area contributed by atoms with Gasteiger partial charge in [0.25, 0.3) is 0 Å². The Morgan fingerprint density at radius 2 is 0.917 bits per heavy atom. The molecule has 0 saturated carbocycles. The van der Waals surface area contributed by atoms with Gasteiger partial charge in [0.1, 0.15) is 0 Å². The third kappa shape index (κ3) is 26.7. The zero-order chi connectivity index (χ0) is 26.5. The SMILES string of the molecule is CCCCCCCCCCCCCCCCCN(CCC(=O)NCCSC)CCC(=O)NCCSC. The molecule has 7 heteroatoms. The molecule has 0 heterocycles. The number of rotatable bonds is 28. The van der Waals surface area contributed by atoms with Crippen molar-refractivity contribution in [3.05, 3.63) is 0 Å². The van der Waals surface area contributed by atoms with Crippen molar-refractivity contribution in [3.63, 3.8) is 0 Å². The Balaban J connectivity index is 3.91. The molecule has 0 aromatic rings. The molecule has 0 aliphatic rings. The van der Waals surface area contributed by atoms with Gasteiger partial charge in [-0.15, -0.1) is 0 Å². The van der Waals surface area contributed by atoms with E-state index in [1.807, 2.05) is 0 Å². The highest BCUT2D eigenvalue weighted by molar-refractivity contribution is 7.98. The minimum absolute atomic E-state index is 0.120. The number of carbonyl (C=O) groups excluding carboxylic acids is 2. The van der Waals surface area contributed by atoms with Crippen molar-refractivity contribution < 1.29 is 9.59 Å². The first-order valence-electron chi connectivity index (χ1n) is 14.9. The van der Waals surface area contributed by atoms with E-state index >= 15 is 0 Å². The van der Waals surface area contributed by atoms with Crippen LogP contribution in [0.2, 0.25) is 0 Å². The van der Waals surface area contributed by atoms with Crippen LogP contribution in [0.3, 0.4) is 0 Å². The zero-order valence-corrected chi connectivity index (χ0v) is 25.7. The third-order valence-corrected chi connectivity index (χ3v) is 7.87. The van der Waals surface area contributed by atoms with Crippen LogP contribution < -0.4 is 10.6 Å². The van der Waals surface area contributed by atoms with Crippen LogP contribution >= 0.6 is 23.5 Å². The van der Waals surface area contributed by atoms with Gasteiger partial charge in [-0.25, -0.2) is 0 Å². The average Bonchev–Trinajstić information content (AvgIpc) is 2.87.